The second kappa shape index (κ2) is 4.91. The summed E-state index contributed by atoms with van der Waals surface area (Å²) in [5.41, 5.74) is 0. The van der Waals surface area contributed by atoms with Gasteiger partial charge in [-0.25, -0.2) is 4.79 Å². The van der Waals surface area contributed by atoms with Gasteiger partial charge in [-0.1, -0.05) is 0 Å². The van der Waals surface area contributed by atoms with Crippen molar-refractivity contribution in [2.24, 2.45) is 0 Å². The third-order valence-corrected chi connectivity index (χ3v) is 3.18. The van der Waals surface area contributed by atoms with Gasteiger partial charge in [-0.05, 0) is 19.8 Å². The van der Waals surface area contributed by atoms with Crippen LogP contribution in [0.25, 0.3) is 0 Å². The molecule has 2 N–H and O–H groups in total. The number of hydrogen-bond acceptors (Lipinski definition) is 3. The molecular weight excluding hydrogens is 224 g/mol. The summed E-state index contributed by atoms with van der Waals surface area (Å²) in [5, 5.41) is 11.3. The van der Waals surface area contributed by atoms with Crippen molar-refractivity contribution in [2.45, 2.75) is 44.4 Å². The first-order chi connectivity index (χ1) is 8.04. The molecule has 6 nitrogen and oxygen atoms in total. The fraction of sp³-hybridized carbons (Fsp3) is 0.818. The number of carbonyl (C=O) groups is 2. The third kappa shape index (κ3) is 3.09. The number of likely N-dealkylation sites (tertiary alicyclic amines) is 1. The lowest BCUT2D eigenvalue weighted by atomic mass is 10.2. The highest BCUT2D eigenvalue weighted by molar-refractivity contribution is 5.76. The molecule has 2 heterocycles. The highest BCUT2D eigenvalue weighted by atomic mass is 16.5. The Balaban J connectivity index is 1.81. The maximum absolute atomic E-state index is 11.9. The van der Waals surface area contributed by atoms with Crippen LogP contribution in [0.1, 0.15) is 26.2 Å². The van der Waals surface area contributed by atoms with E-state index in [1.54, 1.807) is 11.8 Å². The number of ether oxygens (including phenoxy) is 1. The largest absolute Gasteiger partial charge is 0.481 e. The monoisotopic (exact) mass is 242 g/mol. The molecule has 0 aromatic carbocycles. The lowest BCUT2D eigenvalue weighted by Crippen LogP contribution is -2.51. The molecule has 3 atom stereocenters. The number of morpholine rings is 1. The normalized spacial score (nSPS) is 28.9. The van der Waals surface area contributed by atoms with E-state index in [0.717, 1.165) is 12.8 Å². The van der Waals surface area contributed by atoms with E-state index in [9.17, 15) is 9.59 Å². The van der Waals surface area contributed by atoms with Gasteiger partial charge >= 0.3 is 12.0 Å². The van der Waals surface area contributed by atoms with Crippen molar-refractivity contribution in [2.75, 3.05) is 13.1 Å². The maximum atomic E-state index is 11.9. The van der Waals surface area contributed by atoms with Crippen LogP contribution >= 0.6 is 0 Å². The smallest absolute Gasteiger partial charge is 0.317 e. The van der Waals surface area contributed by atoms with Crippen LogP contribution in [0.3, 0.4) is 0 Å². The molecule has 96 valence electrons. The van der Waals surface area contributed by atoms with Crippen LogP contribution in [0.2, 0.25) is 0 Å². The standard InChI is InChI=1S/C11H18N2O4/c1-7(4-10(14)15)12-11(16)13-5-8-2-3-9(6-13)17-8/h7-9H,2-6H2,1H3,(H,12,16)(H,14,15). The summed E-state index contributed by atoms with van der Waals surface area (Å²) in [6.45, 7) is 2.92. The number of urea groups is 1. The first kappa shape index (κ1) is 12.2. The van der Waals surface area contributed by atoms with Crippen molar-refractivity contribution in [1.82, 2.24) is 10.2 Å². The molecular formula is C11H18N2O4. The molecule has 2 amide bonds. The van der Waals surface area contributed by atoms with Crippen molar-refractivity contribution in [3.63, 3.8) is 0 Å². The molecule has 0 aromatic rings. The van der Waals surface area contributed by atoms with Gasteiger partial charge in [0.15, 0.2) is 0 Å². The molecule has 0 spiro atoms. The Morgan fingerprint density at radius 2 is 2.00 bits per heavy atom. The lowest BCUT2D eigenvalue weighted by Gasteiger charge is -2.32. The first-order valence-corrected chi connectivity index (χ1v) is 5.97. The Kier molecular flexibility index (Phi) is 3.51. The van der Waals surface area contributed by atoms with Crippen LogP contribution in [0.15, 0.2) is 0 Å². The van der Waals surface area contributed by atoms with E-state index in [0.29, 0.717) is 13.1 Å². The number of aliphatic carboxylic acids is 1. The maximum Gasteiger partial charge on any atom is 0.317 e. The highest BCUT2D eigenvalue weighted by Gasteiger charge is 2.35. The summed E-state index contributed by atoms with van der Waals surface area (Å²) in [6, 6.07) is -0.528. The molecule has 2 fully saturated rings. The minimum atomic E-state index is -0.903. The molecule has 0 aliphatic carbocycles. The minimum absolute atomic E-state index is 0.0526. The predicted octanol–water partition coefficient (Wildman–Crippen LogP) is 0.422. The quantitative estimate of drug-likeness (QED) is 0.752. The molecule has 2 saturated heterocycles. The van der Waals surface area contributed by atoms with Crippen LogP contribution in [-0.4, -0.2) is 53.3 Å². The Morgan fingerprint density at radius 1 is 1.41 bits per heavy atom. The molecule has 0 aromatic heterocycles. The van der Waals surface area contributed by atoms with Gasteiger partial charge in [0.25, 0.3) is 0 Å². The topological polar surface area (TPSA) is 78.9 Å². The molecule has 2 rings (SSSR count). The first-order valence-electron chi connectivity index (χ1n) is 5.97. The van der Waals surface area contributed by atoms with Gasteiger partial charge in [0.1, 0.15) is 0 Å². The van der Waals surface area contributed by atoms with Gasteiger partial charge in [0, 0.05) is 19.1 Å². The van der Waals surface area contributed by atoms with Gasteiger partial charge < -0.3 is 20.1 Å². The average molecular weight is 242 g/mol. The van der Waals surface area contributed by atoms with Crippen molar-refractivity contribution in [3.8, 4) is 0 Å². The zero-order valence-corrected chi connectivity index (χ0v) is 9.89. The summed E-state index contributed by atoms with van der Waals surface area (Å²) in [4.78, 5) is 24.1. The van der Waals surface area contributed by atoms with Crippen LogP contribution in [0, 0.1) is 0 Å². The second-order valence-electron chi connectivity index (χ2n) is 4.81. The summed E-state index contributed by atoms with van der Waals surface area (Å²) in [7, 11) is 0. The van der Waals surface area contributed by atoms with E-state index in [4.69, 9.17) is 9.84 Å². The number of nitrogens with zero attached hydrogens (tertiary/aromatic N) is 1. The Hall–Kier alpha value is -1.30. The SMILES string of the molecule is CC(CC(=O)O)NC(=O)N1CC2CCC(C1)O2. The van der Waals surface area contributed by atoms with Crippen molar-refractivity contribution >= 4 is 12.0 Å². The van der Waals surface area contributed by atoms with Crippen LogP contribution in [0.5, 0.6) is 0 Å². The van der Waals surface area contributed by atoms with Gasteiger partial charge in [-0.2, -0.15) is 0 Å². The van der Waals surface area contributed by atoms with E-state index in [1.165, 1.54) is 0 Å². The zero-order chi connectivity index (χ0) is 12.4. The van der Waals surface area contributed by atoms with E-state index in [1.807, 2.05) is 0 Å². The number of carboxylic acids is 1. The summed E-state index contributed by atoms with van der Waals surface area (Å²) in [6.07, 6.45) is 2.30. The fourth-order valence-electron chi connectivity index (χ4n) is 2.40. The van der Waals surface area contributed by atoms with Gasteiger partial charge in [0.2, 0.25) is 0 Å². The Bertz CT molecular complexity index is 309. The molecule has 2 aliphatic rings. The fourth-order valence-corrected chi connectivity index (χ4v) is 2.40. The van der Waals surface area contributed by atoms with E-state index >= 15 is 0 Å². The Morgan fingerprint density at radius 3 is 2.53 bits per heavy atom. The number of hydrogen-bond donors (Lipinski definition) is 2. The Labute approximate surface area is 99.9 Å². The summed E-state index contributed by atoms with van der Waals surface area (Å²) < 4.78 is 5.63. The summed E-state index contributed by atoms with van der Waals surface area (Å²) in [5.74, 6) is -0.903. The lowest BCUT2D eigenvalue weighted by molar-refractivity contribution is -0.137. The molecule has 3 unspecified atom stereocenters. The average Bonchev–Trinajstić information content (AvgIpc) is 2.56. The number of fused-ring (bicyclic) bond motifs is 2. The number of rotatable bonds is 3. The van der Waals surface area contributed by atoms with Gasteiger partial charge in [-0.3, -0.25) is 4.79 Å². The number of carboxylic acid groups (broad SMARTS) is 1. The number of nitrogens with one attached hydrogen (secondary N) is 1. The van der Waals surface area contributed by atoms with E-state index < -0.39 is 5.97 Å². The van der Waals surface area contributed by atoms with Gasteiger partial charge in [-0.15, -0.1) is 0 Å². The van der Waals surface area contributed by atoms with Crippen LogP contribution < -0.4 is 5.32 Å². The molecule has 2 aliphatic heterocycles. The van der Waals surface area contributed by atoms with Crippen LogP contribution in [-0.2, 0) is 9.53 Å². The van der Waals surface area contributed by atoms with Gasteiger partial charge in [0.05, 0.1) is 18.6 Å². The number of amides is 2. The van der Waals surface area contributed by atoms with Crippen molar-refractivity contribution < 1.29 is 19.4 Å². The molecule has 0 saturated carbocycles. The van der Waals surface area contributed by atoms with Crippen LogP contribution in [0.4, 0.5) is 4.79 Å². The second-order valence-corrected chi connectivity index (χ2v) is 4.81. The zero-order valence-electron chi connectivity index (χ0n) is 9.89. The molecule has 2 bridgehead atoms. The highest BCUT2D eigenvalue weighted by Crippen LogP contribution is 2.26. The minimum Gasteiger partial charge on any atom is -0.481 e. The van der Waals surface area contributed by atoms with Crippen molar-refractivity contribution in [1.29, 1.82) is 0 Å². The number of carbonyl (C=O) groups excluding carboxylic acids is 1. The van der Waals surface area contributed by atoms with Crippen molar-refractivity contribution in [3.05, 3.63) is 0 Å². The van der Waals surface area contributed by atoms with E-state index in [2.05, 4.69) is 5.32 Å². The summed E-state index contributed by atoms with van der Waals surface area (Å²) >= 11 is 0. The van der Waals surface area contributed by atoms with E-state index in [-0.39, 0.29) is 30.7 Å². The molecule has 17 heavy (non-hydrogen) atoms. The molecule has 6 heteroatoms. The predicted molar refractivity (Wildman–Crippen MR) is 59.7 cm³/mol. The third-order valence-electron chi connectivity index (χ3n) is 3.18. The molecule has 0 radical (unpaired) electrons.